The lowest BCUT2D eigenvalue weighted by Crippen LogP contribution is -2.25. The molecule has 0 saturated heterocycles. The molecule has 2 aliphatic carbocycles. The lowest BCUT2D eigenvalue weighted by molar-refractivity contribution is 0.156. The van der Waals surface area contributed by atoms with Gasteiger partial charge in [0.05, 0.1) is 6.61 Å². The molecule has 0 radical (unpaired) electrons. The molecule has 39 heavy (non-hydrogen) atoms. The molecule has 0 aromatic heterocycles. The monoisotopic (exact) mass is 534 g/mol. The summed E-state index contributed by atoms with van der Waals surface area (Å²) in [6.45, 7) is 4.29. The van der Waals surface area contributed by atoms with Crippen LogP contribution in [0.25, 0.3) is 22.3 Å². The second-order valence-corrected chi connectivity index (χ2v) is 11.7. The molecular formula is C35H41F3O. The van der Waals surface area contributed by atoms with Crippen LogP contribution < -0.4 is 4.74 Å². The number of hydrogen-bond acceptors (Lipinski definition) is 1. The van der Waals surface area contributed by atoms with Gasteiger partial charge < -0.3 is 4.74 Å². The van der Waals surface area contributed by atoms with Gasteiger partial charge >= 0.3 is 0 Å². The van der Waals surface area contributed by atoms with E-state index in [0.29, 0.717) is 11.5 Å². The fourth-order valence-corrected chi connectivity index (χ4v) is 7.16. The van der Waals surface area contributed by atoms with Gasteiger partial charge in [-0.25, -0.2) is 8.78 Å². The summed E-state index contributed by atoms with van der Waals surface area (Å²) in [6.07, 6.45) is 12.9. The molecule has 208 valence electrons. The van der Waals surface area contributed by atoms with Gasteiger partial charge in [0.2, 0.25) is 5.82 Å². The Morgan fingerprint density at radius 3 is 1.90 bits per heavy atom. The van der Waals surface area contributed by atoms with Crippen molar-refractivity contribution in [2.24, 2.45) is 17.8 Å². The van der Waals surface area contributed by atoms with Crippen molar-refractivity contribution in [1.29, 1.82) is 0 Å². The summed E-state index contributed by atoms with van der Waals surface area (Å²) in [5.74, 6) is 0.802. The second-order valence-electron chi connectivity index (χ2n) is 11.7. The summed E-state index contributed by atoms with van der Waals surface area (Å²) in [5, 5.41) is 0. The van der Waals surface area contributed by atoms with Gasteiger partial charge in [-0.2, -0.15) is 4.39 Å². The van der Waals surface area contributed by atoms with Crippen LogP contribution in [0.1, 0.15) is 89.5 Å². The minimum Gasteiger partial charge on any atom is -0.491 e. The molecule has 3 aromatic carbocycles. The van der Waals surface area contributed by atoms with E-state index in [2.05, 4.69) is 6.92 Å². The quantitative estimate of drug-likeness (QED) is 0.279. The fourth-order valence-electron chi connectivity index (χ4n) is 7.16. The van der Waals surface area contributed by atoms with E-state index in [1.165, 1.54) is 63.5 Å². The SMILES string of the molecule is CCCC1CCC(C2CCC(c3ccc(-c4ccc(-c5ccc(OCC)c(F)c5F)cc4)cc3F)CC2)CC1. The van der Waals surface area contributed by atoms with E-state index in [0.717, 1.165) is 47.3 Å². The Bertz CT molecular complexity index is 1240. The van der Waals surface area contributed by atoms with Crippen molar-refractivity contribution >= 4 is 0 Å². The number of halogens is 3. The average Bonchev–Trinajstić information content (AvgIpc) is 2.97. The lowest BCUT2D eigenvalue weighted by Gasteiger charge is -2.38. The van der Waals surface area contributed by atoms with Crippen LogP contribution in [0.4, 0.5) is 13.2 Å². The molecule has 1 nitrogen and oxygen atoms in total. The Hall–Kier alpha value is -2.75. The molecule has 0 N–H and O–H groups in total. The number of benzene rings is 3. The smallest absolute Gasteiger partial charge is 0.201 e. The maximum absolute atomic E-state index is 15.3. The molecule has 0 unspecified atom stereocenters. The first-order chi connectivity index (χ1) is 19.0. The number of ether oxygens (including phenoxy) is 1. The minimum absolute atomic E-state index is 0.0889. The summed E-state index contributed by atoms with van der Waals surface area (Å²) in [4.78, 5) is 0. The van der Waals surface area contributed by atoms with Gasteiger partial charge in [-0.15, -0.1) is 0 Å². The second kappa shape index (κ2) is 12.6. The van der Waals surface area contributed by atoms with Crippen LogP contribution in [0.3, 0.4) is 0 Å². The molecule has 0 bridgehead atoms. The third-order valence-electron chi connectivity index (χ3n) is 9.34. The van der Waals surface area contributed by atoms with Crippen molar-refractivity contribution < 1.29 is 17.9 Å². The van der Waals surface area contributed by atoms with Crippen LogP contribution in [0.15, 0.2) is 54.6 Å². The van der Waals surface area contributed by atoms with Crippen molar-refractivity contribution in [3.63, 3.8) is 0 Å². The summed E-state index contributed by atoms with van der Waals surface area (Å²) in [7, 11) is 0. The third-order valence-corrected chi connectivity index (χ3v) is 9.34. The Kier molecular flexibility index (Phi) is 8.99. The summed E-state index contributed by atoms with van der Waals surface area (Å²) >= 11 is 0. The normalized spacial score (nSPS) is 23.5. The lowest BCUT2D eigenvalue weighted by atomic mass is 9.68. The highest BCUT2D eigenvalue weighted by Gasteiger charge is 2.31. The van der Waals surface area contributed by atoms with Gasteiger partial charge in [-0.05, 0) is 110 Å². The van der Waals surface area contributed by atoms with Gasteiger partial charge in [0.1, 0.15) is 5.82 Å². The molecule has 0 spiro atoms. The zero-order chi connectivity index (χ0) is 27.4. The molecule has 2 aliphatic rings. The first-order valence-electron chi connectivity index (χ1n) is 15.0. The van der Waals surface area contributed by atoms with E-state index in [4.69, 9.17) is 4.74 Å². The molecule has 2 fully saturated rings. The van der Waals surface area contributed by atoms with E-state index < -0.39 is 11.6 Å². The molecular weight excluding hydrogens is 493 g/mol. The average molecular weight is 535 g/mol. The predicted octanol–water partition coefficient (Wildman–Crippen LogP) is 10.7. The Labute approximate surface area is 231 Å². The third kappa shape index (κ3) is 6.21. The van der Waals surface area contributed by atoms with Crippen LogP contribution in [-0.2, 0) is 0 Å². The summed E-state index contributed by atoms with van der Waals surface area (Å²) < 4.78 is 49.4. The van der Waals surface area contributed by atoms with Crippen LogP contribution in [0, 0.1) is 35.2 Å². The van der Waals surface area contributed by atoms with E-state index in [1.54, 1.807) is 25.1 Å². The molecule has 0 aliphatic heterocycles. The van der Waals surface area contributed by atoms with Gasteiger partial charge in [-0.1, -0.05) is 69.0 Å². The highest BCUT2D eigenvalue weighted by molar-refractivity contribution is 5.71. The molecule has 2 saturated carbocycles. The van der Waals surface area contributed by atoms with Crippen LogP contribution >= 0.6 is 0 Å². The maximum Gasteiger partial charge on any atom is 0.201 e. The van der Waals surface area contributed by atoms with Gasteiger partial charge in [0, 0.05) is 5.56 Å². The van der Waals surface area contributed by atoms with Crippen molar-refractivity contribution in [2.45, 2.75) is 84.0 Å². The summed E-state index contributed by atoms with van der Waals surface area (Å²) in [6, 6.07) is 15.7. The van der Waals surface area contributed by atoms with Crippen molar-refractivity contribution in [3.8, 4) is 28.0 Å². The number of rotatable bonds is 8. The van der Waals surface area contributed by atoms with Crippen LogP contribution in [0.2, 0.25) is 0 Å². The molecule has 3 aromatic rings. The van der Waals surface area contributed by atoms with E-state index in [9.17, 15) is 8.78 Å². The first-order valence-corrected chi connectivity index (χ1v) is 15.0. The Morgan fingerprint density at radius 2 is 1.28 bits per heavy atom. The number of hydrogen-bond donors (Lipinski definition) is 0. The zero-order valence-corrected chi connectivity index (χ0v) is 23.3. The summed E-state index contributed by atoms with van der Waals surface area (Å²) in [5.41, 5.74) is 3.21. The van der Waals surface area contributed by atoms with Gasteiger partial charge in [0.15, 0.2) is 11.6 Å². The Morgan fingerprint density at radius 1 is 0.667 bits per heavy atom. The topological polar surface area (TPSA) is 9.23 Å². The van der Waals surface area contributed by atoms with Gasteiger partial charge in [-0.3, -0.25) is 0 Å². The van der Waals surface area contributed by atoms with Crippen molar-refractivity contribution in [1.82, 2.24) is 0 Å². The molecule has 0 amide bonds. The molecule has 5 rings (SSSR count). The van der Waals surface area contributed by atoms with Gasteiger partial charge in [0.25, 0.3) is 0 Å². The first kappa shape index (κ1) is 27.8. The minimum atomic E-state index is -0.982. The molecule has 4 heteroatoms. The van der Waals surface area contributed by atoms with Crippen LogP contribution in [-0.4, -0.2) is 6.61 Å². The highest BCUT2D eigenvalue weighted by Crippen LogP contribution is 2.45. The van der Waals surface area contributed by atoms with Crippen LogP contribution in [0.5, 0.6) is 5.75 Å². The highest BCUT2D eigenvalue weighted by atomic mass is 19.2. The largest absolute Gasteiger partial charge is 0.491 e. The Balaban J connectivity index is 1.22. The van der Waals surface area contributed by atoms with E-state index in [1.807, 2.05) is 24.3 Å². The fraction of sp³-hybridized carbons (Fsp3) is 0.486. The molecule has 0 atom stereocenters. The standard InChI is InChI=1S/C35H41F3O/c1-3-5-23-6-8-24(9-7-23)25-10-14-27(15-11-25)30-19-18-29(22-32(30)36)26-12-16-28(17-13-26)31-20-21-33(39-4-2)35(38)34(31)37/h12-13,16-25,27H,3-11,14-15H2,1-2H3. The van der Waals surface area contributed by atoms with E-state index in [-0.39, 0.29) is 23.7 Å². The molecule has 0 heterocycles. The zero-order valence-electron chi connectivity index (χ0n) is 23.3. The predicted molar refractivity (Wildman–Crippen MR) is 153 cm³/mol. The maximum atomic E-state index is 15.3. The van der Waals surface area contributed by atoms with Crippen molar-refractivity contribution in [2.75, 3.05) is 6.61 Å². The van der Waals surface area contributed by atoms with E-state index >= 15 is 4.39 Å². The van der Waals surface area contributed by atoms with Crippen molar-refractivity contribution in [3.05, 3.63) is 77.6 Å².